The number of aromatic nitrogens is 2. The van der Waals surface area contributed by atoms with Gasteiger partial charge in [-0.1, -0.05) is 35.4 Å². The van der Waals surface area contributed by atoms with Crippen LogP contribution in [-0.2, 0) is 22.7 Å². The molecule has 0 atom stereocenters. The molecule has 0 radical (unpaired) electrons. The first-order chi connectivity index (χ1) is 16.3. The summed E-state index contributed by atoms with van der Waals surface area (Å²) in [5, 5.41) is -0.0563. The molecule has 1 N–H and O–H groups in total. The van der Waals surface area contributed by atoms with Gasteiger partial charge in [-0.3, -0.25) is 4.79 Å². The second kappa shape index (κ2) is 9.01. The molecule has 1 aromatic heterocycles. The number of nitrogens with one attached hydrogen (secondary N) is 1. The maximum Gasteiger partial charge on any atom is 0.416 e. The smallest absolute Gasteiger partial charge is 0.324 e. The number of nitrogens with zero attached hydrogens (tertiary/aromatic N) is 2. The van der Waals surface area contributed by atoms with E-state index in [1.807, 2.05) is 6.92 Å². The summed E-state index contributed by atoms with van der Waals surface area (Å²) in [5.41, 5.74) is 1.55. The van der Waals surface area contributed by atoms with Gasteiger partial charge in [0.15, 0.2) is 0 Å². The van der Waals surface area contributed by atoms with Crippen molar-refractivity contribution in [3.05, 3.63) is 93.8 Å². The molecular formula is C24H19ClF3N3O3S. The average molecular weight is 522 g/mol. The van der Waals surface area contributed by atoms with Crippen LogP contribution in [-0.4, -0.2) is 23.9 Å². The Hall–Kier alpha value is -3.37. The second-order valence-electron chi connectivity index (χ2n) is 8.00. The normalized spacial score (nSPS) is 12.2. The molecule has 3 aromatic carbocycles. The van der Waals surface area contributed by atoms with Crippen LogP contribution in [0, 0.1) is 13.8 Å². The topological polar surface area (TPSA) is 81.1 Å². The number of hydrogen-bond acceptors (Lipinski definition) is 4. The molecule has 0 aliphatic carbocycles. The minimum atomic E-state index is -4.51. The lowest BCUT2D eigenvalue weighted by Crippen LogP contribution is -2.30. The minimum absolute atomic E-state index is 0.0460. The lowest BCUT2D eigenvalue weighted by atomic mass is 10.1. The third-order valence-electron chi connectivity index (χ3n) is 5.47. The van der Waals surface area contributed by atoms with Gasteiger partial charge in [0.25, 0.3) is 15.9 Å². The molecule has 182 valence electrons. The lowest BCUT2D eigenvalue weighted by Gasteiger charge is -2.12. The van der Waals surface area contributed by atoms with Gasteiger partial charge < -0.3 is 4.57 Å². The molecule has 6 nitrogen and oxygen atoms in total. The van der Waals surface area contributed by atoms with Gasteiger partial charge in [0.2, 0.25) is 0 Å². The number of fused-ring (bicyclic) bond motifs is 1. The fourth-order valence-electron chi connectivity index (χ4n) is 3.56. The first kappa shape index (κ1) is 24.7. The summed E-state index contributed by atoms with van der Waals surface area (Å²) < 4.78 is 67.8. The van der Waals surface area contributed by atoms with Crippen molar-refractivity contribution in [2.24, 2.45) is 0 Å². The van der Waals surface area contributed by atoms with Crippen molar-refractivity contribution in [3.8, 4) is 0 Å². The van der Waals surface area contributed by atoms with Gasteiger partial charge in [0.1, 0.15) is 5.82 Å². The summed E-state index contributed by atoms with van der Waals surface area (Å²) >= 11 is 6.11. The Morgan fingerprint density at radius 2 is 1.71 bits per heavy atom. The SMILES string of the molecule is Cc1ccc(S(=O)(=O)NC(=O)c2ccc3nc(C)n(Cc4ccc(C(F)(F)F)cc4Cl)c3c2)cc1. The maximum atomic E-state index is 13.0. The number of hydrogen-bond donors (Lipinski definition) is 1. The summed E-state index contributed by atoms with van der Waals surface area (Å²) in [7, 11) is -4.08. The molecule has 0 saturated heterocycles. The fourth-order valence-corrected chi connectivity index (χ4v) is 4.78. The molecule has 35 heavy (non-hydrogen) atoms. The Bertz CT molecular complexity index is 1550. The highest BCUT2D eigenvalue weighted by molar-refractivity contribution is 7.90. The van der Waals surface area contributed by atoms with E-state index in [4.69, 9.17) is 11.6 Å². The standard InChI is InChI=1S/C24H19ClF3N3O3S/c1-14-3-8-19(9-4-14)35(33,34)30-23(32)16-6-10-21-22(11-16)31(15(2)29-21)13-17-5-7-18(12-20(17)25)24(26,27)28/h3-12H,13H2,1-2H3,(H,30,32). The van der Waals surface area contributed by atoms with Gasteiger partial charge >= 0.3 is 6.18 Å². The number of benzene rings is 3. The van der Waals surface area contributed by atoms with Crippen molar-refractivity contribution in [2.45, 2.75) is 31.5 Å². The summed E-state index contributed by atoms with van der Waals surface area (Å²) in [6.07, 6.45) is -4.51. The van der Waals surface area contributed by atoms with Crippen molar-refractivity contribution >= 4 is 38.6 Å². The number of aryl methyl sites for hydroxylation is 2. The van der Waals surface area contributed by atoms with Gasteiger partial charge in [-0.05, 0) is 61.9 Å². The molecule has 0 spiro atoms. The van der Waals surface area contributed by atoms with Crippen molar-refractivity contribution in [3.63, 3.8) is 0 Å². The van der Waals surface area contributed by atoms with Crippen LogP contribution in [0.4, 0.5) is 13.2 Å². The molecule has 1 amide bonds. The van der Waals surface area contributed by atoms with Gasteiger partial charge in [0, 0.05) is 10.6 Å². The highest BCUT2D eigenvalue weighted by Crippen LogP contribution is 2.32. The number of halogens is 4. The highest BCUT2D eigenvalue weighted by Gasteiger charge is 2.31. The number of amides is 1. The number of carbonyl (C=O) groups is 1. The molecule has 1 heterocycles. The van der Waals surface area contributed by atoms with E-state index in [9.17, 15) is 26.4 Å². The monoisotopic (exact) mass is 521 g/mol. The van der Waals surface area contributed by atoms with E-state index in [2.05, 4.69) is 9.71 Å². The van der Waals surface area contributed by atoms with Crippen molar-refractivity contribution in [1.29, 1.82) is 0 Å². The molecule has 0 saturated carbocycles. The summed E-state index contributed by atoms with van der Waals surface area (Å²) in [6.45, 7) is 3.62. The van der Waals surface area contributed by atoms with E-state index in [0.29, 0.717) is 22.4 Å². The zero-order valence-corrected chi connectivity index (χ0v) is 20.1. The van der Waals surface area contributed by atoms with Gasteiger partial charge in [-0.15, -0.1) is 0 Å². The Balaban J connectivity index is 1.65. The number of sulfonamides is 1. The van der Waals surface area contributed by atoms with Crippen LogP contribution in [0.5, 0.6) is 0 Å². The predicted molar refractivity (Wildman–Crippen MR) is 126 cm³/mol. The second-order valence-corrected chi connectivity index (χ2v) is 10.1. The first-order valence-corrected chi connectivity index (χ1v) is 12.2. The van der Waals surface area contributed by atoms with E-state index in [1.54, 1.807) is 29.7 Å². The van der Waals surface area contributed by atoms with Gasteiger partial charge in [0.05, 0.1) is 28.0 Å². The summed E-state index contributed by atoms with van der Waals surface area (Å²) in [6, 6.07) is 13.7. The molecule has 0 aliphatic heterocycles. The van der Waals surface area contributed by atoms with Crippen LogP contribution in [0.2, 0.25) is 5.02 Å². The number of imidazole rings is 1. The third-order valence-corrected chi connectivity index (χ3v) is 7.17. The van der Waals surface area contributed by atoms with Gasteiger partial charge in [-0.25, -0.2) is 18.1 Å². The van der Waals surface area contributed by atoms with E-state index in [1.165, 1.54) is 30.3 Å². The van der Waals surface area contributed by atoms with Crippen LogP contribution in [0.1, 0.15) is 32.9 Å². The lowest BCUT2D eigenvalue weighted by molar-refractivity contribution is -0.137. The zero-order chi connectivity index (χ0) is 25.5. The molecule has 0 fully saturated rings. The van der Waals surface area contributed by atoms with Crippen molar-refractivity contribution < 1.29 is 26.4 Å². The molecule has 11 heteroatoms. The van der Waals surface area contributed by atoms with E-state index < -0.39 is 27.7 Å². The van der Waals surface area contributed by atoms with Crippen LogP contribution in [0.15, 0.2) is 65.6 Å². The molecule has 0 bridgehead atoms. The van der Waals surface area contributed by atoms with E-state index in [-0.39, 0.29) is 22.0 Å². The molecular weight excluding hydrogens is 503 g/mol. The van der Waals surface area contributed by atoms with E-state index >= 15 is 0 Å². The molecule has 4 rings (SSSR count). The quantitative estimate of drug-likeness (QED) is 0.376. The Morgan fingerprint density at radius 3 is 2.34 bits per heavy atom. The van der Waals surface area contributed by atoms with Crippen molar-refractivity contribution in [2.75, 3.05) is 0 Å². The number of carbonyl (C=O) groups excluding carboxylic acids is 1. The highest BCUT2D eigenvalue weighted by atomic mass is 35.5. The summed E-state index contributed by atoms with van der Waals surface area (Å²) in [4.78, 5) is 17.1. The Labute approximate surface area is 204 Å². The third kappa shape index (κ3) is 5.18. The number of rotatable bonds is 5. The largest absolute Gasteiger partial charge is 0.416 e. The van der Waals surface area contributed by atoms with Crippen molar-refractivity contribution in [1.82, 2.24) is 14.3 Å². The average Bonchev–Trinajstić information content (AvgIpc) is 3.08. The van der Waals surface area contributed by atoms with Crippen LogP contribution in [0.25, 0.3) is 11.0 Å². The molecule has 0 aliphatic rings. The predicted octanol–water partition coefficient (Wildman–Crippen LogP) is 5.49. The van der Waals surface area contributed by atoms with Gasteiger partial charge in [-0.2, -0.15) is 13.2 Å². The fraction of sp³-hybridized carbons (Fsp3) is 0.167. The van der Waals surface area contributed by atoms with Crippen LogP contribution in [0.3, 0.4) is 0 Å². The summed E-state index contributed by atoms with van der Waals surface area (Å²) in [5.74, 6) is -0.286. The van der Waals surface area contributed by atoms with Crippen LogP contribution < -0.4 is 4.72 Å². The van der Waals surface area contributed by atoms with Crippen LogP contribution >= 0.6 is 11.6 Å². The molecule has 4 aromatic rings. The zero-order valence-electron chi connectivity index (χ0n) is 18.5. The first-order valence-electron chi connectivity index (χ1n) is 10.3. The minimum Gasteiger partial charge on any atom is -0.324 e. The maximum absolute atomic E-state index is 13.0. The Kier molecular flexibility index (Phi) is 6.37. The molecule has 0 unspecified atom stereocenters. The number of alkyl halides is 3. The Morgan fingerprint density at radius 1 is 1.03 bits per heavy atom. The van der Waals surface area contributed by atoms with E-state index in [0.717, 1.165) is 17.7 Å².